The molecule has 0 amide bonds. The molecule has 0 unspecified atom stereocenters. The fraction of sp³-hybridized carbons (Fsp3) is 0.684. The molecule has 2 rings (SSSR count). The number of fused-ring (bicyclic) bond motifs is 1. The van der Waals surface area contributed by atoms with E-state index in [-0.39, 0.29) is 0 Å². The summed E-state index contributed by atoms with van der Waals surface area (Å²) < 4.78 is 0. The van der Waals surface area contributed by atoms with Gasteiger partial charge in [0.25, 0.3) is 0 Å². The molecule has 0 saturated carbocycles. The van der Waals surface area contributed by atoms with E-state index in [0.29, 0.717) is 16.9 Å². The third-order valence-electron chi connectivity index (χ3n) is 4.53. The van der Waals surface area contributed by atoms with Crippen molar-refractivity contribution in [1.82, 2.24) is 0 Å². The Bertz CT molecular complexity index is 469. The van der Waals surface area contributed by atoms with Crippen LogP contribution >= 0.6 is 0 Å². The van der Waals surface area contributed by atoms with Crippen LogP contribution in [0.3, 0.4) is 0 Å². The highest BCUT2D eigenvalue weighted by Crippen LogP contribution is 2.47. The van der Waals surface area contributed by atoms with Crippen molar-refractivity contribution < 1.29 is 0 Å². The zero-order valence-electron chi connectivity index (χ0n) is 14.1. The first-order chi connectivity index (χ1) is 9.25. The molecule has 1 heterocycles. The number of anilines is 1. The lowest BCUT2D eigenvalue weighted by molar-refractivity contribution is 0.238. The highest BCUT2D eigenvalue weighted by atomic mass is 14.9. The lowest BCUT2D eigenvalue weighted by atomic mass is 9.65. The number of para-hydroxylation sites is 1. The van der Waals surface area contributed by atoms with Crippen molar-refractivity contribution in [2.24, 2.45) is 5.41 Å². The molecule has 0 radical (unpaired) electrons. The number of rotatable bonds is 3. The first kappa shape index (κ1) is 15.4. The van der Waals surface area contributed by atoms with Crippen molar-refractivity contribution >= 4 is 5.69 Å². The van der Waals surface area contributed by atoms with Gasteiger partial charge in [-0.05, 0) is 48.1 Å². The number of aryl methyl sites for hydroxylation is 1. The van der Waals surface area contributed by atoms with Crippen molar-refractivity contribution in [3.63, 3.8) is 0 Å². The minimum Gasteiger partial charge on any atom is -0.382 e. The standard InChI is InChI=1S/C19H31N/c1-7-9-15-12-19(6,13-18(3,4)5)16-11-8-10-14(2)17(16)20-15/h8,10-11,15,20H,7,9,12-13H2,1-6H3/t15-,19+/m1/s1. The van der Waals surface area contributed by atoms with Gasteiger partial charge >= 0.3 is 0 Å². The first-order valence-corrected chi connectivity index (χ1v) is 8.12. The van der Waals surface area contributed by atoms with Gasteiger partial charge in [-0.1, -0.05) is 59.2 Å². The first-order valence-electron chi connectivity index (χ1n) is 8.12. The fourth-order valence-corrected chi connectivity index (χ4v) is 4.13. The Balaban J connectivity index is 2.43. The third-order valence-corrected chi connectivity index (χ3v) is 4.53. The molecule has 1 aliphatic rings. The highest BCUT2D eigenvalue weighted by Gasteiger charge is 2.39. The van der Waals surface area contributed by atoms with E-state index in [9.17, 15) is 0 Å². The van der Waals surface area contributed by atoms with Gasteiger partial charge in [-0.15, -0.1) is 0 Å². The van der Waals surface area contributed by atoms with Crippen LogP contribution < -0.4 is 5.32 Å². The van der Waals surface area contributed by atoms with Crippen LogP contribution in [0.25, 0.3) is 0 Å². The molecule has 1 heteroatoms. The largest absolute Gasteiger partial charge is 0.382 e. The van der Waals surface area contributed by atoms with Gasteiger partial charge in [0.2, 0.25) is 0 Å². The maximum atomic E-state index is 3.81. The molecule has 20 heavy (non-hydrogen) atoms. The SMILES string of the molecule is CCC[C@@H]1C[C@@](C)(CC(C)(C)C)c2cccc(C)c2N1. The number of nitrogens with one attached hydrogen (secondary N) is 1. The Hall–Kier alpha value is -0.980. The molecule has 112 valence electrons. The van der Waals surface area contributed by atoms with Crippen LogP contribution in [0.15, 0.2) is 18.2 Å². The molecule has 1 aliphatic heterocycles. The predicted octanol–water partition coefficient (Wildman–Crippen LogP) is 5.67. The summed E-state index contributed by atoms with van der Waals surface area (Å²) in [4.78, 5) is 0. The maximum Gasteiger partial charge on any atom is 0.0410 e. The molecular formula is C19H31N. The van der Waals surface area contributed by atoms with E-state index in [1.807, 2.05) is 0 Å². The average molecular weight is 273 g/mol. The molecule has 2 atom stereocenters. The van der Waals surface area contributed by atoms with Crippen LogP contribution in [0.4, 0.5) is 5.69 Å². The van der Waals surface area contributed by atoms with Crippen LogP contribution in [-0.4, -0.2) is 6.04 Å². The predicted molar refractivity (Wildman–Crippen MR) is 89.5 cm³/mol. The Morgan fingerprint density at radius 3 is 2.60 bits per heavy atom. The summed E-state index contributed by atoms with van der Waals surface area (Å²) in [6, 6.07) is 7.42. The monoisotopic (exact) mass is 273 g/mol. The van der Waals surface area contributed by atoms with E-state index in [0.717, 1.165) is 0 Å². The van der Waals surface area contributed by atoms with Gasteiger partial charge in [-0.3, -0.25) is 0 Å². The lowest BCUT2D eigenvalue weighted by Crippen LogP contribution is -2.40. The van der Waals surface area contributed by atoms with Gasteiger partial charge in [0.05, 0.1) is 0 Å². The van der Waals surface area contributed by atoms with Crippen LogP contribution in [-0.2, 0) is 5.41 Å². The Kier molecular flexibility index (Phi) is 4.18. The Labute approximate surface area is 125 Å². The third kappa shape index (κ3) is 3.19. The minimum atomic E-state index is 0.296. The summed E-state index contributed by atoms with van der Waals surface area (Å²) in [6.45, 7) is 14.1. The van der Waals surface area contributed by atoms with E-state index in [4.69, 9.17) is 0 Å². The number of hydrogen-bond acceptors (Lipinski definition) is 1. The molecule has 0 spiro atoms. The summed E-state index contributed by atoms with van der Waals surface area (Å²) in [7, 11) is 0. The van der Waals surface area contributed by atoms with E-state index in [1.165, 1.54) is 42.5 Å². The summed E-state index contributed by atoms with van der Waals surface area (Å²) in [5, 5.41) is 3.81. The zero-order chi connectivity index (χ0) is 15.0. The van der Waals surface area contributed by atoms with Crippen molar-refractivity contribution in [2.45, 2.75) is 78.7 Å². The lowest BCUT2D eigenvalue weighted by Gasteiger charge is -2.45. The van der Waals surface area contributed by atoms with E-state index in [1.54, 1.807) is 0 Å². The highest BCUT2D eigenvalue weighted by molar-refractivity contribution is 5.62. The normalized spacial score (nSPS) is 26.0. The zero-order valence-corrected chi connectivity index (χ0v) is 14.1. The number of benzene rings is 1. The van der Waals surface area contributed by atoms with Gasteiger partial charge in [0.15, 0.2) is 0 Å². The quantitative estimate of drug-likeness (QED) is 0.747. The second-order valence-corrected chi connectivity index (χ2v) is 8.13. The average Bonchev–Trinajstić information content (AvgIpc) is 2.28. The second kappa shape index (κ2) is 5.42. The molecule has 0 aliphatic carbocycles. The molecule has 0 aromatic heterocycles. The molecule has 1 aromatic carbocycles. The Morgan fingerprint density at radius 2 is 2.00 bits per heavy atom. The van der Waals surface area contributed by atoms with E-state index >= 15 is 0 Å². The van der Waals surface area contributed by atoms with Gasteiger partial charge in [-0.25, -0.2) is 0 Å². The van der Waals surface area contributed by atoms with E-state index < -0.39 is 0 Å². The van der Waals surface area contributed by atoms with Gasteiger partial charge in [0.1, 0.15) is 0 Å². The van der Waals surface area contributed by atoms with Crippen LogP contribution in [0.1, 0.15) is 71.4 Å². The van der Waals surface area contributed by atoms with Crippen molar-refractivity contribution in [2.75, 3.05) is 5.32 Å². The van der Waals surface area contributed by atoms with Crippen molar-refractivity contribution in [1.29, 1.82) is 0 Å². The fourth-order valence-electron chi connectivity index (χ4n) is 4.13. The van der Waals surface area contributed by atoms with Crippen molar-refractivity contribution in [3.8, 4) is 0 Å². The summed E-state index contributed by atoms with van der Waals surface area (Å²) in [6.07, 6.45) is 5.03. The summed E-state index contributed by atoms with van der Waals surface area (Å²) >= 11 is 0. The van der Waals surface area contributed by atoms with Crippen LogP contribution in [0.5, 0.6) is 0 Å². The minimum absolute atomic E-state index is 0.296. The summed E-state index contributed by atoms with van der Waals surface area (Å²) in [5.74, 6) is 0. The molecular weight excluding hydrogens is 242 g/mol. The molecule has 0 fully saturated rings. The molecule has 1 nitrogen and oxygen atoms in total. The molecule has 0 saturated heterocycles. The topological polar surface area (TPSA) is 12.0 Å². The van der Waals surface area contributed by atoms with Crippen LogP contribution in [0.2, 0.25) is 0 Å². The second-order valence-electron chi connectivity index (χ2n) is 8.13. The van der Waals surface area contributed by atoms with Gasteiger partial charge < -0.3 is 5.32 Å². The van der Waals surface area contributed by atoms with Gasteiger partial charge in [0, 0.05) is 11.7 Å². The van der Waals surface area contributed by atoms with Gasteiger partial charge in [-0.2, -0.15) is 0 Å². The maximum absolute atomic E-state index is 3.81. The van der Waals surface area contributed by atoms with Crippen molar-refractivity contribution in [3.05, 3.63) is 29.3 Å². The molecule has 1 aromatic rings. The van der Waals surface area contributed by atoms with Crippen LogP contribution in [0, 0.1) is 12.3 Å². The Morgan fingerprint density at radius 1 is 1.30 bits per heavy atom. The molecule has 1 N–H and O–H groups in total. The van der Waals surface area contributed by atoms with E-state index in [2.05, 4.69) is 65.1 Å². The smallest absolute Gasteiger partial charge is 0.0410 e. The summed E-state index contributed by atoms with van der Waals surface area (Å²) in [5.41, 5.74) is 4.99. The number of hydrogen-bond donors (Lipinski definition) is 1. The molecule has 0 bridgehead atoms.